The maximum absolute atomic E-state index is 11.0. The van der Waals surface area contributed by atoms with Crippen molar-refractivity contribution in [3.8, 4) is 5.75 Å². The molecule has 2 aromatic rings. The van der Waals surface area contributed by atoms with Gasteiger partial charge in [-0.1, -0.05) is 35.9 Å². The summed E-state index contributed by atoms with van der Waals surface area (Å²) in [5.74, 6) is -0.139. The number of primary sulfonamides is 1. The van der Waals surface area contributed by atoms with Crippen molar-refractivity contribution in [3.05, 3.63) is 58.6 Å². The average molecular weight is 327 g/mol. The Morgan fingerprint density at radius 3 is 2.43 bits per heavy atom. The lowest BCUT2D eigenvalue weighted by molar-refractivity contribution is 0.469. The molecule has 0 atom stereocenters. The molecule has 4 N–H and O–H groups in total. The maximum Gasteiger partial charge on any atom is 0.213 e. The van der Waals surface area contributed by atoms with Crippen LogP contribution >= 0.6 is 11.6 Å². The van der Waals surface area contributed by atoms with Crippen LogP contribution in [0.4, 0.5) is 5.69 Å². The number of nitrogens with two attached hydrogens (primary N) is 1. The number of para-hydroxylation sites is 1. The number of nitrogens with one attached hydrogen (secondary N) is 1. The summed E-state index contributed by atoms with van der Waals surface area (Å²) >= 11 is 5.83. The van der Waals surface area contributed by atoms with Gasteiger partial charge in [-0.25, -0.2) is 13.6 Å². The third-order valence-corrected chi connectivity index (χ3v) is 3.92. The molecule has 0 heterocycles. The Bertz CT molecular complexity index is 730. The van der Waals surface area contributed by atoms with Gasteiger partial charge in [0.25, 0.3) is 0 Å². The second kappa shape index (κ2) is 6.34. The largest absolute Gasteiger partial charge is 0.506 e. The van der Waals surface area contributed by atoms with Gasteiger partial charge < -0.3 is 10.4 Å². The number of halogens is 1. The fourth-order valence-corrected chi connectivity index (χ4v) is 2.70. The SMILES string of the molecule is NS(=O)(=O)Cc1ccc(NCc2cccc(Cl)c2O)cc1. The molecule has 7 heteroatoms. The number of hydrogen-bond donors (Lipinski definition) is 3. The molecule has 2 aromatic carbocycles. The number of sulfonamides is 1. The van der Waals surface area contributed by atoms with E-state index < -0.39 is 10.0 Å². The molecule has 0 aliphatic heterocycles. The lowest BCUT2D eigenvalue weighted by atomic mass is 10.2. The molecule has 0 spiro atoms. The molecule has 0 saturated heterocycles. The van der Waals surface area contributed by atoms with Crippen molar-refractivity contribution in [2.75, 3.05) is 5.32 Å². The number of anilines is 1. The van der Waals surface area contributed by atoms with E-state index in [2.05, 4.69) is 5.32 Å². The highest BCUT2D eigenvalue weighted by atomic mass is 35.5. The van der Waals surface area contributed by atoms with E-state index in [0.29, 0.717) is 22.7 Å². The third kappa shape index (κ3) is 4.63. The van der Waals surface area contributed by atoms with Crippen LogP contribution in [0.25, 0.3) is 0 Å². The van der Waals surface area contributed by atoms with Crippen LogP contribution in [0.3, 0.4) is 0 Å². The van der Waals surface area contributed by atoms with Gasteiger partial charge in [-0.3, -0.25) is 0 Å². The minimum absolute atomic E-state index is 0.0533. The van der Waals surface area contributed by atoms with E-state index in [0.717, 1.165) is 5.69 Å². The summed E-state index contributed by atoms with van der Waals surface area (Å²) < 4.78 is 22.0. The molecular formula is C14H15ClN2O3S. The summed E-state index contributed by atoms with van der Waals surface area (Å²) in [5, 5.41) is 18.2. The molecule has 0 amide bonds. The Labute approximate surface area is 128 Å². The quantitative estimate of drug-likeness (QED) is 0.787. The third-order valence-electron chi connectivity index (χ3n) is 2.88. The molecule has 2 rings (SSSR count). The number of rotatable bonds is 5. The zero-order valence-electron chi connectivity index (χ0n) is 11.1. The van der Waals surface area contributed by atoms with E-state index in [9.17, 15) is 13.5 Å². The molecule has 5 nitrogen and oxygen atoms in total. The van der Waals surface area contributed by atoms with Crippen LogP contribution in [0, 0.1) is 0 Å². The predicted octanol–water partition coefficient (Wildman–Crippen LogP) is 2.45. The summed E-state index contributed by atoms with van der Waals surface area (Å²) in [5.41, 5.74) is 2.09. The van der Waals surface area contributed by atoms with Crippen molar-refractivity contribution >= 4 is 27.3 Å². The van der Waals surface area contributed by atoms with E-state index >= 15 is 0 Å². The Hall–Kier alpha value is -1.76. The van der Waals surface area contributed by atoms with Gasteiger partial charge in [-0.2, -0.15) is 0 Å². The molecule has 0 unspecified atom stereocenters. The number of aromatic hydroxyl groups is 1. The molecule has 0 aliphatic rings. The highest BCUT2D eigenvalue weighted by Gasteiger charge is 2.06. The van der Waals surface area contributed by atoms with E-state index in [-0.39, 0.29) is 11.5 Å². The zero-order chi connectivity index (χ0) is 15.5. The van der Waals surface area contributed by atoms with Crippen molar-refractivity contribution in [1.29, 1.82) is 0 Å². The Balaban J connectivity index is 2.02. The van der Waals surface area contributed by atoms with Gasteiger partial charge in [0.05, 0.1) is 10.8 Å². The van der Waals surface area contributed by atoms with Gasteiger partial charge in [0.2, 0.25) is 10.0 Å². The first-order valence-corrected chi connectivity index (χ1v) is 8.24. The topological polar surface area (TPSA) is 92.4 Å². The smallest absolute Gasteiger partial charge is 0.213 e. The van der Waals surface area contributed by atoms with Crippen molar-refractivity contribution in [2.24, 2.45) is 5.14 Å². The van der Waals surface area contributed by atoms with Crippen LogP contribution in [-0.4, -0.2) is 13.5 Å². The molecule has 0 aliphatic carbocycles. The minimum Gasteiger partial charge on any atom is -0.506 e. The van der Waals surface area contributed by atoms with Crippen LogP contribution < -0.4 is 10.5 Å². The highest BCUT2D eigenvalue weighted by Crippen LogP contribution is 2.27. The summed E-state index contributed by atoms with van der Waals surface area (Å²) in [6.07, 6.45) is 0. The van der Waals surface area contributed by atoms with E-state index in [1.165, 1.54) is 0 Å². The van der Waals surface area contributed by atoms with Crippen molar-refractivity contribution in [2.45, 2.75) is 12.3 Å². The van der Waals surface area contributed by atoms with Crippen LogP contribution in [-0.2, 0) is 22.3 Å². The van der Waals surface area contributed by atoms with Gasteiger partial charge in [0, 0.05) is 17.8 Å². The summed E-state index contributed by atoms with van der Waals surface area (Å²) in [6, 6.07) is 12.0. The lowest BCUT2D eigenvalue weighted by Crippen LogP contribution is -2.14. The normalized spacial score (nSPS) is 11.3. The predicted molar refractivity (Wildman–Crippen MR) is 83.7 cm³/mol. The summed E-state index contributed by atoms with van der Waals surface area (Å²) in [6.45, 7) is 0.404. The van der Waals surface area contributed by atoms with Gasteiger partial charge in [0.15, 0.2) is 0 Å². The molecule has 21 heavy (non-hydrogen) atoms. The second-order valence-corrected chi connectivity index (χ2v) is 6.63. The Kier molecular flexibility index (Phi) is 4.72. The van der Waals surface area contributed by atoms with Crippen molar-refractivity contribution in [3.63, 3.8) is 0 Å². The maximum atomic E-state index is 11.0. The number of hydrogen-bond acceptors (Lipinski definition) is 4. The first-order valence-electron chi connectivity index (χ1n) is 6.15. The standard InChI is InChI=1S/C14H15ClN2O3S/c15-13-3-1-2-11(14(13)18)8-17-12-6-4-10(5-7-12)9-21(16,19)20/h1-7,17-18H,8-9H2,(H2,16,19,20). The van der Waals surface area contributed by atoms with Gasteiger partial charge in [0.1, 0.15) is 5.75 Å². The van der Waals surface area contributed by atoms with E-state index in [1.807, 2.05) is 0 Å². The summed E-state index contributed by atoms with van der Waals surface area (Å²) in [4.78, 5) is 0. The summed E-state index contributed by atoms with van der Waals surface area (Å²) in [7, 11) is -3.52. The lowest BCUT2D eigenvalue weighted by Gasteiger charge is -2.09. The van der Waals surface area contributed by atoms with Gasteiger partial charge in [-0.15, -0.1) is 0 Å². The molecule has 0 saturated carbocycles. The minimum atomic E-state index is -3.52. The molecule has 0 radical (unpaired) electrons. The second-order valence-electron chi connectivity index (χ2n) is 4.61. The number of benzene rings is 2. The monoisotopic (exact) mass is 326 g/mol. The Morgan fingerprint density at radius 2 is 1.81 bits per heavy atom. The van der Waals surface area contributed by atoms with Crippen LogP contribution in [0.2, 0.25) is 5.02 Å². The molecule has 0 fully saturated rings. The van der Waals surface area contributed by atoms with Crippen LogP contribution in [0.1, 0.15) is 11.1 Å². The number of phenolic OH excluding ortho intramolecular Hbond substituents is 1. The molecule has 0 aromatic heterocycles. The first kappa shape index (κ1) is 15.6. The zero-order valence-corrected chi connectivity index (χ0v) is 12.7. The molecule has 0 bridgehead atoms. The van der Waals surface area contributed by atoms with Crippen LogP contribution in [0.5, 0.6) is 5.75 Å². The first-order chi connectivity index (χ1) is 9.85. The van der Waals surface area contributed by atoms with E-state index in [1.54, 1.807) is 42.5 Å². The highest BCUT2D eigenvalue weighted by molar-refractivity contribution is 7.88. The molecule has 112 valence electrons. The van der Waals surface area contributed by atoms with Gasteiger partial charge in [-0.05, 0) is 23.8 Å². The Morgan fingerprint density at radius 1 is 1.14 bits per heavy atom. The van der Waals surface area contributed by atoms with Gasteiger partial charge >= 0.3 is 0 Å². The fraction of sp³-hybridized carbons (Fsp3) is 0.143. The average Bonchev–Trinajstić information content (AvgIpc) is 2.40. The van der Waals surface area contributed by atoms with Crippen molar-refractivity contribution < 1.29 is 13.5 Å². The van der Waals surface area contributed by atoms with Crippen molar-refractivity contribution in [1.82, 2.24) is 0 Å². The van der Waals surface area contributed by atoms with E-state index in [4.69, 9.17) is 16.7 Å². The fourth-order valence-electron chi connectivity index (χ4n) is 1.85. The van der Waals surface area contributed by atoms with Crippen LogP contribution in [0.15, 0.2) is 42.5 Å². The number of phenols is 1. The molecular weight excluding hydrogens is 312 g/mol.